The van der Waals surface area contributed by atoms with Crippen molar-refractivity contribution in [2.75, 3.05) is 13.1 Å². The average Bonchev–Trinajstić information content (AvgIpc) is 2.65. The first-order valence-electron chi connectivity index (χ1n) is 8.76. The van der Waals surface area contributed by atoms with Gasteiger partial charge in [0.2, 0.25) is 10.0 Å². The lowest BCUT2D eigenvalue weighted by Gasteiger charge is -2.22. The second-order valence-corrected chi connectivity index (χ2v) is 8.29. The SMILES string of the molecule is C=C(C)C#CCN(C/C(=C/C)c1ccccc1)S(=O)(=O)c1ccc(C)cc1. The molecule has 0 atom stereocenters. The van der Waals surface area contributed by atoms with Gasteiger partial charge in [0.25, 0.3) is 0 Å². The summed E-state index contributed by atoms with van der Waals surface area (Å²) < 4.78 is 27.8. The summed E-state index contributed by atoms with van der Waals surface area (Å²) in [5.74, 6) is 5.79. The summed E-state index contributed by atoms with van der Waals surface area (Å²) in [6.07, 6.45) is 1.94. The van der Waals surface area contributed by atoms with Gasteiger partial charge in [0.05, 0.1) is 11.4 Å². The maximum absolute atomic E-state index is 13.2. The fourth-order valence-corrected chi connectivity index (χ4v) is 3.88. The summed E-state index contributed by atoms with van der Waals surface area (Å²) in [7, 11) is -3.67. The molecule has 0 radical (unpaired) electrons. The summed E-state index contributed by atoms with van der Waals surface area (Å²) in [5, 5.41) is 0. The van der Waals surface area contributed by atoms with Gasteiger partial charge in [-0.15, -0.1) is 0 Å². The van der Waals surface area contributed by atoms with Crippen LogP contribution in [0.2, 0.25) is 0 Å². The fraction of sp³-hybridized carbons (Fsp3) is 0.217. The summed E-state index contributed by atoms with van der Waals surface area (Å²) in [4.78, 5) is 0.272. The van der Waals surface area contributed by atoms with Gasteiger partial charge in [0, 0.05) is 6.54 Å². The molecule has 4 heteroatoms. The van der Waals surface area contributed by atoms with Crippen molar-refractivity contribution in [2.45, 2.75) is 25.7 Å². The van der Waals surface area contributed by atoms with E-state index in [-0.39, 0.29) is 18.0 Å². The van der Waals surface area contributed by atoms with Crippen molar-refractivity contribution in [3.05, 3.63) is 84.0 Å². The maximum atomic E-state index is 13.2. The monoisotopic (exact) mass is 379 g/mol. The number of nitrogens with zero attached hydrogens (tertiary/aromatic N) is 1. The lowest BCUT2D eigenvalue weighted by molar-refractivity contribution is 0.481. The molecule has 2 rings (SSSR count). The van der Waals surface area contributed by atoms with E-state index in [4.69, 9.17) is 0 Å². The molecule has 0 spiro atoms. The summed E-state index contributed by atoms with van der Waals surface area (Å²) in [6.45, 7) is 9.75. The zero-order valence-corrected chi connectivity index (χ0v) is 16.9. The molecule has 0 aromatic heterocycles. The summed E-state index contributed by atoms with van der Waals surface area (Å²) in [5.41, 5.74) is 3.65. The standard InChI is InChI=1S/C23H25NO2S/c1-5-21(22-11-7-6-8-12-22)18-24(17-9-10-19(2)3)27(25,26)23-15-13-20(4)14-16-23/h5-8,11-16H,2,17-18H2,1,3-4H3/b21-5-. The van der Waals surface area contributed by atoms with Crippen LogP contribution in [0.25, 0.3) is 5.57 Å². The number of allylic oxidation sites excluding steroid dienone is 2. The van der Waals surface area contributed by atoms with E-state index in [1.54, 1.807) is 31.2 Å². The molecule has 27 heavy (non-hydrogen) atoms. The molecule has 0 bridgehead atoms. The van der Waals surface area contributed by atoms with E-state index < -0.39 is 10.0 Å². The maximum Gasteiger partial charge on any atom is 0.244 e. The number of hydrogen-bond acceptors (Lipinski definition) is 2. The third kappa shape index (κ3) is 5.68. The minimum atomic E-state index is -3.67. The first-order valence-corrected chi connectivity index (χ1v) is 10.2. The highest BCUT2D eigenvalue weighted by Gasteiger charge is 2.24. The van der Waals surface area contributed by atoms with Crippen LogP contribution in [0, 0.1) is 18.8 Å². The summed E-state index contributed by atoms with van der Waals surface area (Å²) in [6, 6.07) is 16.7. The lowest BCUT2D eigenvalue weighted by Crippen LogP contribution is -2.33. The van der Waals surface area contributed by atoms with Gasteiger partial charge in [-0.25, -0.2) is 8.42 Å². The highest BCUT2D eigenvalue weighted by Crippen LogP contribution is 2.21. The van der Waals surface area contributed by atoms with Crippen molar-refractivity contribution in [3.63, 3.8) is 0 Å². The van der Waals surface area contributed by atoms with Gasteiger partial charge >= 0.3 is 0 Å². The van der Waals surface area contributed by atoms with Gasteiger partial charge < -0.3 is 0 Å². The molecule has 0 heterocycles. The summed E-state index contributed by atoms with van der Waals surface area (Å²) >= 11 is 0. The number of benzene rings is 2. The van der Waals surface area contributed by atoms with E-state index in [2.05, 4.69) is 18.4 Å². The van der Waals surface area contributed by atoms with Crippen LogP contribution in [-0.2, 0) is 10.0 Å². The van der Waals surface area contributed by atoms with Gasteiger partial charge in [0.15, 0.2) is 0 Å². The Balaban J connectivity index is 2.40. The smallest absolute Gasteiger partial charge is 0.207 e. The molecule has 0 aliphatic heterocycles. The molecule has 2 aromatic carbocycles. The van der Waals surface area contributed by atoms with Gasteiger partial charge in [-0.2, -0.15) is 4.31 Å². The Kier molecular flexibility index (Phi) is 7.18. The Hall–Kier alpha value is -2.61. The molecule has 140 valence electrons. The second-order valence-electron chi connectivity index (χ2n) is 6.35. The van der Waals surface area contributed by atoms with Crippen molar-refractivity contribution >= 4 is 15.6 Å². The van der Waals surface area contributed by atoms with E-state index in [1.807, 2.05) is 50.3 Å². The zero-order chi connectivity index (χ0) is 19.9. The van der Waals surface area contributed by atoms with E-state index in [9.17, 15) is 8.42 Å². The highest BCUT2D eigenvalue weighted by atomic mass is 32.2. The van der Waals surface area contributed by atoms with Crippen molar-refractivity contribution in [1.82, 2.24) is 4.31 Å². The topological polar surface area (TPSA) is 37.4 Å². The third-order valence-electron chi connectivity index (χ3n) is 4.06. The van der Waals surface area contributed by atoms with Crippen LogP contribution in [0.5, 0.6) is 0 Å². The lowest BCUT2D eigenvalue weighted by atomic mass is 10.1. The Bertz CT molecular complexity index is 976. The predicted octanol–water partition coefficient (Wildman–Crippen LogP) is 4.67. The van der Waals surface area contributed by atoms with E-state index in [0.717, 1.165) is 16.7 Å². The second kappa shape index (κ2) is 9.36. The van der Waals surface area contributed by atoms with E-state index in [0.29, 0.717) is 5.57 Å². The third-order valence-corrected chi connectivity index (χ3v) is 5.86. The molecule has 0 saturated carbocycles. The minimum absolute atomic E-state index is 0.104. The molecule has 0 N–H and O–H groups in total. The molecule has 0 fully saturated rings. The zero-order valence-electron chi connectivity index (χ0n) is 16.1. The number of sulfonamides is 1. The number of rotatable bonds is 6. The van der Waals surface area contributed by atoms with Crippen molar-refractivity contribution in [3.8, 4) is 11.8 Å². The van der Waals surface area contributed by atoms with Crippen LogP contribution < -0.4 is 0 Å². The fourth-order valence-electron chi connectivity index (χ4n) is 2.56. The van der Waals surface area contributed by atoms with Crippen LogP contribution >= 0.6 is 0 Å². The molecule has 0 aliphatic carbocycles. The number of hydrogen-bond donors (Lipinski definition) is 0. The van der Waals surface area contributed by atoms with Crippen molar-refractivity contribution in [1.29, 1.82) is 0 Å². The Morgan fingerprint density at radius 2 is 1.74 bits per heavy atom. The van der Waals surface area contributed by atoms with E-state index >= 15 is 0 Å². The molecule has 0 saturated heterocycles. The van der Waals surface area contributed by atoms with Gasteiger partial charge in [-0.05, 0) is 49.6 Å². The first-order chi connectivity index (χ1) is 12.8. The van der Waals surface area contributed by atoms with Crippen molar-refractivity contribution < 1.29 is 8.42 Å². The molecule has 0 aliphatic rings. The molecule has 0 amide bonds. The van der Waals surface area contributed by atoms with Crippen LogP contribution in [0.1, 0.15) is 25.0 Å². The Labute approximate surface area is 163 Å². The van der Waals surface area contributed by atoms with Gasteiger partial charge in [-0.3, -0.25) is 0 Å². The van der Waals surface area contributed by atoms with Crippen LogP contribution in [-0.4, -0.2) is 25.8 Å². The quantitative estimate of drug-likeness (QED) is 0.684. The van der Waals surface area contributed by atoms with Crippen LogP contribution in [0.15, 0.2) is 77.7 Å². The molecule has 0 unspecified atom stereocenters. The average molecular weight is 380 g/mol. The highest BCUT2D eigenvalue weighted by molar-refractivity contribution is 7.89. The molecule has 3 nitrogen and oxygen atoms in total. The predicted molar refractivity (Wildman–Crippen MR) is 113 cm³/mol. The minimum Gasteiger partial charge on any atom is -0.207 e. The Morgan fingerprint density at radius 1 is 1.11 bits per heavy atom. The van der Waals surface area contributed by atoms with Crippen molar-refractivity contribution in [2.24, 2.45) is 0 Å². The first kappa shape index (κ1) is 20.7. The largest absolute Gasteiger partial charge is 0.244 e. The molecular formula is C23H25NO2S. The number of aryl methyl sites for hydroxylation is 1. The normalized spacial score (nSPS) is 11.8. The molecular weight excluding hydrogens is 354 g/mol. The van der Waals surface area contributed by atoms with Crippen LogP contribution in [0.4, 0.5) is 0 Å². The van der Waals surface area contributed by atoms with Gasteiger partial charge in [-0.1, -0.05) is 72.5 Å². The Morgan fingerprint density at radius 3 is 2.30 bits per heavy atom. The van der Waals surface area contributed by atoms with Crippen LogP contribution in [0.3, 0.4) is 0 Å². The van der Waals surface area contributed by atoms with Gasteiger partial charge in [0.1, 0.15) is 0 Å². The van der Waals surface area contributed by atoms with E-state index in [1.165, 1.54) is 4.31 Å². The molecule has 2 aromatic rings.